The molecule has 0 bridgehead atoms. The van der Waals surface area contributed by atoms with Gasteiger partial charge in [-0.3, -0.25) is 14.5 Å². The summed E-state index contributed by atoms with van der Waals surface area (Å²) >= 11 is 0. The number of H-pyrrole nitrogens is 1. The van der Waals surface area contributed by atoms with Crippen LogP contribution in [0.25, 0.3) is 0 Å². The Morgan fingerprint density at radius 3 is 2.39 bits per heavy atom. The van der Waals surface area contributed by atoms with E-state index in [-0.39, 0.29) is 18.8 Å². The number of anilines is 2. The lowest BCUT2D eigenvalue weighted by atomic mass is 10.3. The summed E-state index contributed by atoms with van der Waals surface area (Å²) in [5.74, 6) is -0.266. The number of hydrogen-bond acceptors (Lipinski definition) is 6. The Hall–Kier alpha value is -2.15. The molecule has 0 radical (unpaired) electrons. The summed E-state index contributed by atoms with van der Waals surface area (Å²) in [4.78, 5) is 11.3. The summed E-state index contributed by atoms with van der Waals surface area (Å²) in [5, 5.41) is 9.92. The van der Waals surface area contributed by atoms with Crippen LogP contribution in [0.3, 0.4) is 0 Å². The lowest BCUT2D eigenvalue weighted by molar-refractivity contribution is 0.100. The first-order chi connectivity index (χ1) is 11.0. The Balaban J connectivity index is 2.20. The zero-order valence-corrected chi connectivity index (χ0v) is 13.8. The van der Waals surface area contributed by atoms with Gasteiger partial charge in [0.1, 0.15) is 5.56 Å². The van der Waals surface area contributed by atoms with Gasteiger partial charge in [-0.15, -0.1) is 0 Å². The summed E-state index contributed by atoms with van der Waals surface area (Å²) < 4.78 is 23.2. The monoisotopic (exact) mass is 338 g/mol. The zero-order chi connectivity index (χ0) is 16.9. The molecule has 0 saturated heterocycles. The van der Waals surface area contributed by atoms with Crippen LogP contribution in [-0.2, 0) is 13.6 Å². The van der Waals surface area contributed by atoms with E-state index >= 15 is 0 Å². The summed E-state index contributed by atoms with van der Waals surface area (Å²) in [5.41, 5.74) is 6.16. The van der Waals surface area contributed by atoms with Gasteiger partial charge in [-0.2, -0.15) is 5.10 Å². The number of carbonyl (C=O) groups is 1. The number of primary amides is 1. The normalized spacial score (nSPS) is 11.4. The molecule has 0 unspecified atom stereocenters. The van der Waals surface area contributed by atoms with Crippen molar-refractivity contribution in [3.05, 3.63) is 36.0 Å². The number of rotatable bonds is 8. The Bertz CT molecular complexity index is 704. The highest BCUT2D eigenvalue weighted by molar-refractivity contribution is 7.62. The SMILES string of the molecule is CCOP(=O)(OCC)c1ccc(Nc2n[nH]cc2C(N)=O)cc1. The quantitative estimate of drug-likeness (QED) is 0.634. The van der Waals surface area contributed by atoms with Crippen molar-refractivity contribution in [1.29, 1.82) is 0 Å². The number of aromatic amines is 1. The molecule has 2 aromatic rings. The second-order valence-electron chi connectivity index (χ2n) is 4.52. The minimum absolute atomic E-state index is 0.253. The molecule has 1 amide bonds. The van der Waals surface area contributed by atoms with Crippen LogP contribution in [0.1, 0.15) is 24.2 Å². The molecule has 0 saturated carbocycles. The fourth-order valence-corrected chi connectivity index (χ4v) is 3.53. The third kappa shape index (κ3) is 3.98. The molecule has 0 spiro atoms. The lowest BCUT2D eigenvalue weighted by Gasteiger charge is -2.17. The van der Waals surface area contributed by atoms with E-state index in [1.165, 1.54) is 6.20 Å². The van der Waals surface area contributed by atoms with E-state index in [1.54, 1.807) is 38.1 Å². The maximum absolute atomic E-state index is 12.6. The number of amides is 1. The molecule has 0 aliphatic heterocycles. The maximum atomic E-state index is 12.6. The van der Waals surface area contributed by atoms with Crippen LogP contribution in [0.4, 0.5) is 11.5 Å². The molecule has 23 heavy (non-hydrogen) atoms. The Kier molecular flexibility index (Phi) is 5.54. The van der Waals surface area contributed by atoms with Gasteiger partial charge in [-0.1, -0.05) is 0 Å². The number of hydrogen-bond donors (Lipinski definition) is 3. The van der Waals surface area contributed by atoms with E-state index in [2.05, 4.69) is 15.5 Å². The highest BCUT2D eigenvalue weighted by atomic mass is 31.2. The molecule has 9 heteroatoms. The van der Waals surface area contributed by atoms with E-state index in [0.717, 1.165) is 0 Å². The van der Waals surface area contributed by atoms with Crippen LogP contribution in [-0.4, -0.2) is 29.3 Å². The molecule has 0 aliphatic carbocycles. The van der Waals surface area contributed by atoms with Gasteiger partial charge in [-0.25, -0.2) is 0 Å². The Labute approximate surface area is 133 Å². The number of carbonyl (C=O) groups excluding carboxylic acids is 1. The van der Waals surface area contributed by atoms with Gasteiger partial charge in [0.2, 0.25) is 0 Å². The van der Waals surface area contributed by atoms with Gasteiger partial charge < -0.3 is 20.1 Å². The van der Waals surface area contributed by atoms with Crippen LogP contribution in [0, 0.1) is 0 Å². The first-order valence-electron chi connectivity index (χ1n) is 7.10. The fourth-order valence-electron chi connectivity index (χ4n) is 1.96. The summed E-state index contributed by atoms with van der Waals surface area (Å²) in [6.45, 7) is 4.08. The van der Waals surface area contributed by atoms with E-state index < -0.39 is 13.5 Å². The average Bonchev–Trinajstić information content (AvgIpc) is 2.97. The number of nitrogens with one attached hydrogen (secondary N) is 2. The van der Waals surface area contributed by atoms with Crippen LogP contribution >= 0.6 is 7.60 Å². The van der Waals surface area contributed by atoms with Crippen molar-refractivity contribution in [2.24, 2.45) is 5.73 Å². The number of aromatic nitrogens is 2. The summed E-state index contributed by atoms with van der Waals surface area (Å²) in [6.07, 6.45) is 1.41. The van der Waals surface area contributed by atoms with Crippen molar-refractivity contribution < 1.29 is 18.4 Å². The predicted octanol–water partition coefficient (Wildman–Crippen LogP) is 2.14. The van der Waals surface area contributed by atoms with Crippen molar-refractivity contribution in [2.45, 2.75) is 13.8 Å². The summed E-state index contributed by atoms with van der Waals surface area (Å²) in [6, 6.07) is 6.68. The van der Waals surface area contributed by atoms with Crippen LogP contribution < -0.4 is 16.4 Å². The van der Waals surface area contributed by atoms with Crippen molar-refractivity contribution in [2.75, 3.05) is 18.5 Å². The van der Waals surface area contributed by atoms with Crippen molar-refractivity contribution >= 4 is 30.3 Å². The standard InChI is InChI=1S/C14H19N4O4P/c1-3-21-23(20,22-4-2)11-7-5-10(6-8-11)17-14-12(13(15)19)9-16-18-14/h5-9H,3-4H2,1-2H3,(H2,15,19)(H2,16,17,18). The van der Waals surface area contributed by atoms with Crippen LogP contribution in [0.5, 0.6) is 0 Å². The molecular weight excluding hydrogens is 319 g/mol. The highest BCUT2D eigenvalue weighted by Gasteiger charge is 2.26. The lowest BCUT2D eigenvalue weighted by Crippen LogP contribution is -2.12. The molecule has 124 valence electrons. The third-order valence-electron chi connectivity index (χ3n) is 2.95. The molecule has 1 aromatic carbocycles. The minimum Gasteiger partial charge on any atom is -0.365 e. The third-order valence-corrected chi connectivity index (χ3v) is 5.08. The number of nitrogens with zero attached hydrogens (tertiary/aromatic N) is 1. The largest absolute Gasteiger partial charge is 0.365 e. The predicted molar refractivity (Wildman–Crippen MR) is 87.3 cm³/mol. The number of nitrogens with two attached hydrogens (primary N) is 1. The van der Waals surface area contributed by atoms with Gasteiger partial charge in [0, 0.05) is 11.9 Å². The molecule has 1 aromatic heterocycles. The average molecular weight is 338 g/mol. The van der Waals surface area contributed by atoms with Gasteiger partial charge in [0.25, 0.3) is 5.91 Å². The maximum Gasteiger partial charge on any atom is 0.361 e. The second kappa shape index (κ2) is 7.41. The van der Waals surface area contributed by atoms with Crippen molar-refractivity contribution in [1.82, 2.24) is 10.2 Å². The smallest absolute Gasteiger partial charge is 0.361 e. The van der Waals surface area contributed by atoms with Crippen LogP contribution in [0.2, 0.25) is 0 Å². The fraction of sp³-hybridized carbons (Fsp3) is 0.286. The highest BCUT2D eigenvalue weighted by Crippen LogP contribution is 2.46. The van der Waals surface area contributed by atoms with Gasteiger partial charge in [-0.05, 0) is 38.1 Å². The molecular formula is C14H19N4O4P. The first kappa shape index (κ1) is 17.2. The number of benzene rings is 1. The first-order valence-corrected chi connectivity index (χ1v) is 8.64. The van der Waals surface area contributed by atoms with Crippen molar-refractivity contribution in [3.63, 3.8) is 0 Å². The molecule has 8 nitrogen and oxygen atoms in total. The van der Waals surface area contributed by atoms with Gasteiger partial charge >= 0.3 is 7.60 Å². The molecule has 0 atom stereocenters. The zero-order valence-electron chi connectivity index (χ0n) is 12.9. The van der Waals surface area contributed by atoms with Gasteiger partial charge in [0.15, 0.2) is 5.82 Å². The van der Waals surface area contributed by atoms with E-state index in [0.29, 0.717) is 16.8 Å². The molecule has 2 rings (SSSR count). The molecule has 4 N–H and O–H groups in total. The van der Waals surface area contributed by atoms with Crippen LogP contribution in [0.15, 0.2) is 30.5 Å². The van der Waals surface area contributed by atoms with E-state index in [4.69, 9.17) is 14.8 Å². The molecule has 0 fully saturated rings. The molecule has 1 heterocycles. The minimum atomic E-state index is -3.31. The van der Waals surface area contributed by atoms with Crippen molar-refractivity contribution in [3.8, 4) is 0 Å². The Morgan fingerprint density at radius 1 is 1.26 bits per heavy atom. The molecule has 0 aliphatic rings. The van der Waals surface area contributed by atoms with E-state index in [9.17, 15) is 9.36 Å². The van der Waals surface area contributed by atoms with E-state index in [1.807, 2.05) is 0 Å². The topological polar surface area (TPSA) is 119 Å². The Morgan fingerprint density at radius 2 is 1.87 bits per heavy atom. The summed E-state index contributed by atoms with van der Waals surface area (Å²) in [7, 11) is -3.31. The van der Waals surface area contributed by atoms with Gasteiger partial charge in [0.05, 0.1) is 18.5 Å². The second-order valence-corrected chi connectivity index (χ2v) is 6.54.